The van der Waals surface area contributed by atoms with Crippen LogP contribution in [-0.4, -0.2) is 43.3 Å². The van der Waals surface area contributed by atoms with Crippen LogP contribution in [0.3, 0.4) is 0 Å². The van der Waals surface area contributed by atoms with Gasteiger partial charge in [-0.3, -0.25) is 5.10 Å². The number of aliphatic hydroxyl groups is 1. The zero-order valence-electron chi connectivity index (χ0n) is 14.3. The van der Waals surface area contributed by atoms with Gasteiger partial charge in [-0.2, -0.15) is 5.10 Å². The second-order valence-corrected chi connectivity index (χ2v) is 6.42. The fourth-order valence-electron chi connectivity index (χ4n) is 3.19. The van der Waals surface area contributed by atoms with Crippen molar-refractivity contribution in [2.24, 2.45) is 0 Å². The standard InChI is InChI=1S/C18H21N7O/c19-16-15(18-23-17(24-25-18)12-4-6-20-7-5-12)22-14(9-21-16)13-3-1-2-11(8-13)10-26/h1-3,8-9,12,20,26H,4-7,10H2,(H2,19,21)(H,23,24,25). The number of nitrogens with one attached hydrogen (secondary N) is 2. The second kappa shape index (κ2) is 7.19. The Morgan fingerprint density at radius 2 is 2.04 bits per heavy atom. The van der Waals surface area contributed by atoms with Gasteiger partial charge in [-0.15, -0.1) is 0 Å². The van der Waals surface area contributed by atoms with Crippen LogP contribution < -0.4 is 11.1 Å². The highest BCUT2D eigenvalue weighted by molar-refractivity contribution is 5.69. The zero-order chi connectivity index (χ0) is 17.9. The smallest absolute Gasteiger partial charge is 0.203 e. The molecule has 8 heteroatoms. The quantitative estimate of drug-likeness (QED) is 0.561. The van der Waals surface area contributed by atoms with Gasteiger partial charge in [0.15, 0.2) is 11.5 Å². The molecule has 1 fully saturated rings. The highest BCUT2D eigenvalue weighted by Gasteiger charge is 2.21. The number of nitrogens with two attached hydrogens (primary N) is 1. The summed E-state index contributed by atoms with van der Waals surface area (Å²) in [6, 6.07) is 7.53. The Labute approximate surface area is 150 Å². The fraction of sp³-hybridized carbons (Fsp3) is 0.333. The van der Waals surface area contributed by atoms with Crippen LogP contribution in [0.1, 0.15) is 30.1 Å². The Kier molecular flexibility index (Phi) is 4.59. The monoisotopic (exact) mass is 351 g/mol. The summed E-state index contributed by atoms with van der Waals surface area (Å²) < 4.78 is 0. The lowest BCUT2D eigenvalue weighted by Crippen LogP contribution is -2.27. The van der Waals surface area contributed by atoms with E-state index in [1.54, 1.807) is 6.20 Å². The van der Waals surface area contributed by atoms with E-state index in [1.165, 1.54) is 0 Å². The molecular weight excluding hydrogens is 330 g/mol. The Morgan fingerprint density at radius 1 is 1.19 bits per heavy atom. The topological polar surface area (TPSA) is 126 Å². The van der Waals surface area contributed by atoms with Crippen molar-refractivity contribution in [3.8, 4) is 22.8 Å². The summed E-state index contributed by atoms with van der Waals surface area (Å²) in [4.78, 5) is 13.5. The molecule has 2 aromatic heterocycles. The largest absolute Gasteiger partial charge is 0.392 e. The molecule has 5 N–H and O–H groups in total. The van der Waals surface area contributed by atoms with E-state index >= 15 is 0 Å². The second-order valence-electron chi connectivity index (χ2n) is 6.42. The van der Waals surface area contributed by atoms with Crippen LogP contribution in [0, 0.1) is 0 Å². The molecule has 1 aromatic carbocycles. The molecule has 0 spiro atoms. The molecule has 0 radical (unpaired) electrons. The first-order valence-corrected chi connectivity index (χ1v) is 8.70. The van der Waals surface area contributed by atoms with E-state index in [9.17, 15) is 5.11 Å². The van der Waals surface area contributed by atoms with Crippen LogP contribution in [0.25, 0.3) is 22.8 Å². The predicted octanol–water partition coefficient (Wildman–Crippen LogP) is 1.47. The van der Waals surface area contributed by atoms with Crippen molar-refractivity contribution in [2.45, 2.75) is 25.4 Å². The average molecular weight is 351 g/mol. The molecule has 0 bridgehead atoms. The molecule has 4 rings (SSSR count). The van der Waals surface area contributed by atoms with E-state index in [2.05, 4.69) is 30.5 Å². The number of benzene rings is 1. The molecule has 0 aliphatic carbocycles. The van der Waals surface area contributed by atoms with E-state index in [1.807, 2.05) is 24.3 Å². The van der Waals surface area contributed by atoms with Gasteiger partial charge in [-0.1, -0.05) is 18.2 Å². The number of piperidine rings is 1. The number of rotatable bonds is 4. The highest BCUT2D eigenvalue weighted by Crippen LogP contribution is 2.27. The predicted molar refractivity (Wildman–Crippen MR) is 98.0 cm³/mol. The minimum absolute atomic E-state index is 0.0242. The molecule has 134 valence electrons. The van der Waals surface area contributed by atoms with Crippen LogP contribution in [0.4, 0.5) is 5.82 Å². The first-order valence-electron chi connectivity index (χ1n) is 8.70. The van der Waals surface area contributed by atoms with Gasteiger partial charge in [0.1, 0.15) is 5.82 Å². The van der Waals surface area contributed by atoms with Crippen molar-refractivity contribution in [1.29, 1.82) is 0 Å². The maximum Gasteiger partial charge on any atom is 0.203 e. The van der Waals surface area contributed by atoms with Crippen molar-refractivity contribution in [3.63, 3.8) is 0 Å². The van der Waals surface area contributed by atoms with Gasteiger partial charge in [0.05, 0.1) is 18.5 Å². The number of aromatic amines is 1. The van der Waals surface area contributed by atoms with Gasteiger partial charge in [0, 0.05) is 11.5 Å². The van der Waals surface area contributed by atoms with Crippen LogP contribution in [0.5, 0.6) is 0 Å². The molecule has 1 aliphatic heterocycles. The van der Waals surface area contributed by atoms with Crippen molar-refractivity contribution in [1.82, 2.24) is 30.5 Å². The summed E-state index contributed by atoms with van der Waals surface area (Å²) in [6.45, 7) is 1.95. The van der Waals surface area contributed by atoms with Gasteiger partial charge in [-0.05, 0) is 37.6 Å². The maximum absolute atomic E-state index is 9.33. The summed E-state index contributed by atoms with van der Waals surface area (Å²) >= 11 is 0. The minimum atomic E-state index is -0.0242. The number of hydrogen-bond donors (Lipinski definition) is 4. The van der Waals surface area contributed by atoms with Gasteiger partial charge in [-0.25, -0.2) is 15.0 Å². The number of nitrogens with zero attached hydrogens (tertiary/aromatic N) is 4. The molecule has 1 saturated heterocycles. The van der Waals surface area contributed by atoms with Gasteiger partial charge in [0.2, 0.25) is 5.82 Å². The number of anilines is 1. The Bertz CT molecular complexity index is 902. The van der Waals surface area contributed by atoms with Crippen molar-refractivity contribution < 1.29 is 5.11 Å². The van der Waals surface area contributed by atoms with Gasteiger partial charge < -0.3 is 16.2 Å². The minimum Gasteiger partial charge on any atom is -0.392 e. The summed E-state index contributed by atoms with van der Waals surface area (Å²) in [5.74, 6) is 2.00. The lowest BCUT2D eigenvalue weighted by Gasteiger charge is -2.19. The molecule has 3 heterocycles. The van der Waals surface area contributed by atoms with Crippen molar-refractivity contribution >= 4 is 5.82 Å². The lowest BCUT2D eigenvalue weighted by atomic mass is 9.98. The van der Waals surface area contributed by atoms with Gasteiger partial charge >= 0.3 is 0 Å². The molecule has 0 amide bonds. The molecule has 8 nitrogen and oxygen atoms in total. The van der Waals surface area contributed by atoms with Gasteiger partial charge in [0.25, 0.3) is 0 Å². The zero-order valence-corrected chi connectivity index (χ0v) is 14.3. The van der Waals surface area contributed by atoms with Crippen LogP contribution in [0.15, 0.2) is 30.5 Å². The van der Waals surface area contributed by atoms with Crippen LogP contribution >= 0.6 is 0 Å². The SMILES string of the molecule is Nc1ncc(-c2cccc(CO)c2)nc1-c1n[nH]c(C2CCNCC2)n1. The third kappa shape index (κ3) is 3.29. The summed E-state index contributed by atoms with van der Waals surface area (Å²) in [7, 11) is 0. The lowest BCUT2D eigenvalue weighted by molar-refractivity contribution is 0.282. The molecule has 0 saturated carbocycles. The van der Waals surface area contributed by atoms with Crippen molar-refractivity contribution in [2.75, 3.05) is 18.8 Å². The molecule has 0 unspecified atom stereocenters. The summed E-state index contributed by atoms with van der Waals surface area (Å²) in [6.07, 6.45) is 3.68. The highest BCUT2D eigenvalue weighted by atomic mass is 16.3. The van der Waals surface area contributed by atoms with Crippen molar-refractivity contribution in [3.05, 3.63) is 41.9 Å². The van der Waals surface area contributed by atoms with E-state index < -0.39 is 0 Å². The van der Waals surface area contributed by atoms with E-state index in [0.29, 0.717) is 28.9 Å². The fourth-order valence-corrected chi connectivity index (χ4v) is 3.19. The number of nitrogen functional groups attached to an aromatic ring is 1. The Morgan fingerprint density at radius 3 is 2.85 bits per heavy atom. The van der Waals surface area contributed by atoms with E-state index in [0.717, 1.165) is 42.9 Å². The maximum atomic E-state index is 9.33. The van der Waals surface area contributed by atoms with E-state index in [4.69, 9.17) is 5.73 Å². The molecule has 3 aromatic rings. The third-order valence-corrected chi connectivity index (χ3v) is 4.65. The third-order valence-electron chi connectivity index (χ3n) is 4.65. The number of aliphatic hydroxyl groups excluding tert-OH is 1. The van der Waals surface area contributed by atoms with E-state index in [-0.39, 0.29) is 6.61 Å². The van der Waals surface area contributed by atoms with Crippen LogP contribution in [0.2, 0.25) is 0 Å². The average Bonchev–Trinajstić information content (AvgIpc) is 3.19. The molecular formula is C18H21N7O. The number of H-pyrrole nitrogens is 1. The number of hydrogen-bond acceptors (Lipinski definition) is 7. The first-order chi connectivity index (χ1) is 12.7. The first kappa shape index (κ1) is 16.6. The normalized spacial score (nSPS) is 15.3. The van der Waals surface area contributed by atoms with Crippen LogP contribution in [-0.2, 0) is 6.61 Å². The summed E-state index contributed by atoms with van der Waals surface area (Å²) in [5, 5.41) is 20.0. The Hall–Kier alpha value is -2.84. The molecule has 26 heavy (non-hydrogen) atoms. The molecule has 0 atom stereocenters. The number of aromatic nitrogens is 5. The Balaban J connectivity index is 1.67. The molecule has 1 aliphatic rings. The summed E-state index contributed by atoms with van der Waals surface area (Å²) in [5.41, 5.74) is 8.83.